The Bertz CT molecular complexity index is 986. The molecule has 1 amide bonds. The van der Waals surface area contributed by atoms with E-state index < -0.39 is 10.0 Å². The third-order valence-corrected chi connectivity index (χ3v) is 6.93. The van der Waals surface area contributed by atoms with Gasteiger partial charge in [0.05, 0.1) is 11.4 Å². The number of fused-ring (bicyclic) bond motifs is 1. The molecule has 1 aliphatic heterocycles. The van der Waals surface area contributed by atoms with Crippen molar-refractivity contribution in [3.63, 3.8) is 0 Å². The first kappa shape index (κ1) is 19.4. The molecule has 0 unspecified atom stereocenters. The van der Waals surface area contributed by atoms with Gasteiger partial charge in [-0.05, 0) is 67.6 Å². The minimum atomic E-state index is -3.74. The van der Waals surface area contributed by atoms with E-state index in [1.54, 1.807) is 23.1 Å². The number of carbonyl (C=O) groups excluding carboxylic acids is 1. The number of anilines is 2. The van der Waals surface area contributed by atoms with Crippen molar-refractivity contribution in [3.8, 4) is 0 Å². The molecule has 0 aliphatic carbocycles. The highest BCUT2D eigenvalue weighted by atomic mass is 32.2. The molecule has 0 spiro atoms. The molecule has 1 heterocycles. The lowest BCUT2D eigenvalue weighted by Crippen LogP contribution is -2.43. The summed E-state index contributed by atoms with van der Waals surface area (Å²) in [5.74, 6) is -0.253. The summed E-state index contributed by atoms with van der Waals surface area (Å²) in [5.41, 5.74) is 10.4. The van der Waals surface area contributed by atoms with Crippen molar-refractivity contribution in [3.05, 3.63) is 53.1 Å². The number of rotatable bonds is 4. The lowest BCUT2D eigenvalue weighted by atomic mass is 10.00. The van der Waals surface area contributed by atoms with Crippen LogP contribution in [0.5, 0.6) is 0 Å². The minimum absolute atomic E-state index is 0.198. The van der Waals surface area contributed by atoms with Gasteiger partial charge in [0.25, 0.3) is 0 Å². The van der Waals surface area contributed by atoms with E-state index in [-0.39, 0.29) is 17.3 Å². The van der Waals surface area contributed by atoms with Crippen LogP contribution in [0, 0.1) is 13.8 Å². The summed E-state index contributed by atoms with van der Waals surface area (Å²) in [6.45, 7) is 4.14. The lowest BCUT2D eigenvalue weighted by Gasteiger charge is -2.31. The van der Waals surface area contributed by atoms with Crippen molar-refractivity contribution < 1.29 is 13.2 Å². The third kappa shape index (κ3) is 3.70. The van der Waals surface area contributed by atoms with Gasteiger partial charge in [-0.25, -0.2) is 8.42 Å². The van der Waals surface area contributed by atoms with Crippen molar-refractivity contribution in [2.45, 2.75) is 31.6 Å². The highest BCUT2D eigenvalue weighted by molar-refractivity contribution is 7.89. The van der Waals surface area contributed by atoms with Crippen LogP contribution in [0.3, 0.4) is 0 Å². The predicted octanol–water partition coefficient (Wildman–Crippen LogP) is 2.49. The van der Waals surface area contributed by atoms with Crippen LogP contribution in [-0.2, 0) is 21.2 Å². The number of hydrogen-bond acceptors (Lipinski definition) is 4. The summed E-state index contributed by atoms with van der Waals surface area (Å²) >= 11 is 0. The largest absolute Gasteiger partial charge is 0.398 e. The second-order valence-corrected chi connectivity index (χ2v) is 9.05. The summed E-state index contributed by atoms with van der Waals surface area (Å²) in [5, 5.41) is 0. The predicted molar refractivity (Wildman–Crippen MR) is 107 cm³/mol. The zero-order chi connectivity index (χ0) is 19.8. The van der Waals surface area contributed by atoms with Crippen LogP contribution in [0.25, 0.3) is 0 Å². The molecular formula is C20H25N3O3S. The normalized spacial score (nSPS) is 14.3. The Morgan fingerprint density at radius 2 is 1.93 bits per heavy atom. The van der Waals surface area contributed by atoms with Crippen molar-refractivity contribution in [2.75, 3.05) is 30.8 Å². The first-order valence-electron chi connectivity index (χ1n) is 8.93. The molecule has 0 fully saturated rings. The van der Waals surface area contributed by atoms with Gasteiger partial charge in [0.1, 0.15) is 0 Å². The molecule has 2 aromatic rings. The molecule has 0 aromatic heterocycles. The molecule has 0 radical (unpaired) electrons. The number of sulfonamides is 1. The monoisotopic (exact) mass is 387 g/mol. The van der Waals surface area contributed by atoms with Crippen molar-refractivity contribution >= 4 is 27.3 Å². The second-order valence-electron chi connectivity index (χ2n) is 7.00. The summed E-state index contributed by atoms with van der Waals surface area (Å²) in [6.07, 6.45) is 1.63. The molecule has 0 saturated carbocycles. The van der Waals surface area contributed by atoms with E-state index in [0.29, 0.717) is 12.2 Å². The fraction of sp³-hybridized carbons (Fsp3) is 0.350. The summed E-state index contributed by atoms with van der Waals surface area (Å²) in [4.78, 5) is 14.7. The molecule has 6 nitrogen and oxygen atoms in total. The topological polar surface area (TPSA) is 83.7 Å². The maximum atomic E-state index is 12.9. The van der Waals surface area contributed by atoms with E-state index in [4.69, 9.17) is 5.73 Å². The molecule has 0 bridgehead atoms. The fourth-order valence-corrected chi connectivity index (χ4v) is 4.53. The molecule has 2 aromatic carbocycles. The van der Waals surface area contributed by atoms with Crippen molar-refractivity contribution in [2.24, 2.45) is 0 Å². The van der Waals surface area contributed by atoms with E-state index in [9.17, 15) is 13.2 Å². The van der Waals surface area contributed by atoms with Crippen LogP contribution >= 0.6 is 0 Å². The quantitative estimate of drug-likeness (QED) is 0.817. The number of nitrogens with zero attached hydrogens (tertiary/aromatic N) is 2. The average Bonchev–Trinajstić information content (AvgIpc) is 2.63. The SMILES string of the molecule is Cc1ccc(S(=O)(=O)N(C)CC(=O)N2CCCc3c(N)cccc32)cc1C. The summed E-state index contributed by atoms with van der Waals surface area (Å²) in [7, 11) is -2.30. The number of benzene rings is 2. The maximum absolute atomic E-state index is 12.9. The molecule has 0 saturated heterocycles. The van der Waals surface area contributed by atoms with Gasteiger partial charge >= 0.3 is 0 Å². The van der Waals surface area contributed by atoms with Crippen LogP contribution in [-0.4, -0.2) is 38.8 Å². The fourth-order valence-electron chi connectivity index (χ4n) is 3.33. The molecule has 27 heavy (non-hydrogen) atoms. The number of hydrogen-bond donors (Lipinski definition) is 1. The summed E-state index contributed by atoms with van der Waals surface area (Å²) < 4.78 is 26.8. The second kappa shape index (κ2) is 7.32. The Balaban J connectivity index is 1.82. The standard InChI is InChI=1S/C20H25N3O3S/c1-14-9-10-16(12-15(14)2)27(25,26)22(3)13-20(24)23-11-5-6-17-18(21)7-4-8-19(17)23/h4,7-10,12H,5-6,11,13,21H2,1-3H3. The van der Waals surface area contributed by atoms with Gasteiger partial charge in [0, 0.05) is 25.0 Å². The summed E-state index contributed by atoms with van der Waals surface area (Å²) in [6, 6.07) is 10.5. The molecule has 3 rings (SSSR count). The molecule has 7 heteroatoms. The van der Waals surface area contributed by atoms with Gasteiger partial charge in [-0.3, -0.25) is 4.79 Å². The number of likely N-dealkylation sites (N-methyl/N-ethyl adjacent to an activating group) is 1. The Kier molecular flexibility index (Phi) is 5.26. The zero-order valence-electron chi connectivity index (χ0n) is 15.9. The number of nitrogens with two attached hydrogens (primary N) is 1. The third-order valence-electron chi connectivity index (χ3n) is 5.13. The Hall–Kier alpha value is -2.38. The molecule has 0 atom stereocenters. The highest BCUT2D eigenvalue weighted by Crippen LogP contribution is 2.31. The average molecular weight is 388 g/mol. The molecular weight excluding hydrogens is 362 g/mol. The molecule has 1 aliphatic rings. The number of carbonyl (C=O) groups is 1. The van der Waals surface area contributed by atoms with Crippen LogP contribution in [0.15, 0.2) is 41.3 Å². The Morgan fingerprint density at radius 1 is 1.19 bits per heavy atom. The number of aryl methyl sites for hydroxylation is 2. The number of amides is 1. The van der Waals surface area contributed by atoms with Gasteiger partial charge in [0.15, 0.2) is 0 Å². The van der Waals surface area contributed by atoms with Gasteiger partial charge in [-0.15, -0.1) is 0 Å². The minimum Gasteiger partial charge on any atom is -0.398 e. The molecule has 144 valence electrons. The molecule has 2 N–H and O–H groups in total. The van der Waals surface area contributed by atoms with Gasteiger partial charge in [-0.2, -0.15) is 4.31 Å². The smallest absolute Gasteiger partial charge is 0.243 e. The number of nitrogen functional groups attached to an aromatic ring is 1. The Labute approximate surface area is 160 Å². The van der Waals surface area contributed by atoms with Crippen LogP contribution in [0.4, 0.5) is 11.4 Å². The van der Waals surface area contributed by atoms with Crippen molar-refractivity contribution in [1.29, 1.82) is 0 Å². The van der Waals surface area contributed by atoms with E-state index in [2.05, 4.69) is 0 Å². The Morgan fingerprint density at radius 3 is 2.63 bits per heavy atom. The maximum Gasteiger partial charge on any atom is 0.243 e. The van der Waals surface area contributed by atoms with Gasteiger partial charge in [-0.1, -0.05) is 12.1 Å². The van der Waals surface area contributed by atoms with E-state index in [1.165, 1.54) is 7.05 Å². The van der Waals surface area contributed by atoms with Crippen LogP contribution in [0.1, 0.15) is 23.1 Å². The zero-order valence-corrected chi connectivity index (χ0v) is 16.7. The van der Waals surface area contributed by atoms with Crippen molar-refractivity contribution in [1.82, 2.24) is 4.31 Å². The van der Waals surface area contributed by atoms with Gasteiger partial charge in [0.2, 0.25) is 15.9 Å². The van der Waals surface area contributed by atoms with E-state index in [0.717, 1.165) is 39.5 Å². The first-order chi connectivity index (χ1) is 12.7. The van der Waals surface area contributed by atoms with Gasteiger partial charge < -0.3 is 10.6 Å². The van der Waals surface area contributed by atoms with E-state index >= 15 is 0 Å². The van der Waals surface area contributed by atoms with E-state index in [1.807, 2.05) is 32.0 Å². The highest BCUT2D eigenvalue weighted by Gasteiger charge is 2.28. The van der Waals surface area contributed by atoms with Crippen LogP contribution < -0.4 is 10.6 Å². The first-order valence-corrected chi connectivity index (χ1v) is 10.4. The van der Waals surface area contributed by atoms with Crippen LogP contribution in [0.2, 0.25) is 0 Å². The lowest BCUT2D eigenvalue weighted by molar-refractivity contribution is -0.118.